The zero-order valence-electron chi connectivity index (χ0n) is 19.2. The molecule has 5 atom stereocenters. The van der Waals surface area contributed by atoms with Crippen LogP contribution in [0.2, 0.25) is 0 Å². The molecule has 6 nitrogen and oxygen atoms in total. The average Bonchev–Trinajstić information content (AvgIpc) is 3.26. The van der Waals surface area contributed by atoms with Crippen molar-refractivity contribution in [3.8, 4) is 0 Å². The van der Waals surface area contributed by atoms with E-state index in [-0.39, 0.29) is 30.3 Å². The molecule has 0 bridgehead atoms. The van der Waals surface area contributed by atoms with E-state index in [1.54, 1.807) is 0 Å². The first-order valence-corrected chi connectivity index (χ1v) is 12.0. The molecule has 0 aromatic heterocycles. The normalized spacial score (nSPS) is 26.0. The number of amides is 1. The Kier molecular flexibility index (Phi) is 11.3. The first-order valence-electron chi connectivity index (χ1n) is 12.0. The summed E-state index contributed by atoms with van der Waals surface area (Å²) in [6, 6.07) is 0. The van der Waals surface area contributed by atoms with Gasteiger partial charge in [-0.2, -0.15) is 0 Å². The van der Waals surface area contributed by atoms with Gasteiger partial charge in [-0.25, -0.2) is 0 Å². The summed E-state index contributed by atoms with van der Waals surface area (Å²) in [6.07, 6.45) is 15.0. The number of allylic oxidation sites excluding steroid dienone is 2. The van der Waals surface area contributed by atoms with E-state index in [2.05, 4.69) is 29.1 Å². The Morgan fingerprint density at radius 3 is 2.81 bits per heavy atom. The van der Waals surface area contributed by atoms with Crippen molar-refractivity contribution in [1.29, 1.82) is 0 Å². The highest BCUT2D eigenvalue weighted by molar-refractivity contribution is 5.76. The van der Waals surface area contributed by atoms with E-state index in [1.165, 1.54) is 12.7 Å². The minimum absolute atomic E-state index is 0.0213. The quantitative estimate of drug-likeness (QED) is 0.220. The fraction of sp³-hybridized carbons (Fsp3) is 0.760. The van der Waals surface area contributed by atoms with E-state index in [9.17, 15) is 19.8 Å². The first kappa shape index (κ1) is 25.6. The number of nitrogens with one attached hydrogen (secondary N) is 1. The number of hydrogen-bond donors (Lipinski definition) is 3. The molecular weight excluding hydrogens is 394 g/mol. The number of hydrogen-bond acceptors (Lipinski definition) is 5. The molecule has 1 fully saturated rings. The summed E-state index contributed by atoms with van der Waals surface area (Å²) in [6.45, 7) is 2.48. The minimum atomic E-state index is -0.412. The maximum absolute atomic E-state index is 11.8. The molecule has 0 spiro atoms. The summed E-state index contributed by atoms with van der Waals surface area (Å²) in [4.78, 5) is 22.9. The zero-order chi connectivity index (χ0) is 22.6. The van der Waals surface area contributed by atoms with Crippen LogP contribution in [-0.4, -0.2) is 48.0 Å². The summed E-state index contributed by atoms with van der Waals surface area (Å²) in [5.41, 5.74) is 1.44. The van der Waals surface area contributed by atoms with Crippen LogP contribution in [0, 0.1) is 17.8 Å². The minimum Gasteiger partial charge on any atom is -0.469 e. The molecule has 0 radical (unpaired) electrons. The molecular formula is C25H41NO5. The Labute approximate surface area is 187 Å². The van der Waals surface area contributed by atoms with Crippen LogP contribution in [0.1, 0.15) is 77.6 Å². The number of carbonyl (C=O) groups excluding carboxylic acids is 2. The van der Waals surface area contributed by atoms with Gasteiger partial charge in [0, 0.05) is 18.9 Å². The van der Waals surface area contributed by atoms with Crippen LogP contribution >= 0.6 is 0 Å². The fourth-order valence-corrected chi connectivity index (χ4v) is 4.88. The molecule has 6 heteroatoms. The van der Waals surface area contributed by atoms with Gasteiger partial charge in [-0.3, -0.25) is 9.59 Å². The number of methoxy groups -OCH3 is 1. The SMILES string of the molecule is CCCCC[C@H](O)/C=C/[C@@H]1[C@H]2CC(CCCCC(=O)NCCC(=O)OC)=C[C@H]2C[C@H]1O. The lowest BCUT2D eigenvalue weighted by Crippen LogP contribution is -2.25. The van der Waals surface area contributed by atoms with Gasteiger partial charge in [-0.1, -0.05) is 50.0 Å². The van der Waals surface area contributed by atoms with Gasteiger partial charge in [0.05, 0.1) is 25.7 Å². The topological polar surface area (TPSA) is 95.9 Å². The Balaban J connectivity index is 1.66. The predicted molar refractivity (Wildman–Crippen MR) is 121 cm³/mol. The average molecular weight is 436 g/mol. The molecule has 176 valence electrons. The molecule has 1 saturated carbocycles. The summed E-state index contributed by atoms with van der Waals surface area (Å²) < 4.78 is 4.55. The summed E-state index contributed by atoms with van der Waals surface area (Å²) >= 11 is 0. The predicted octanol–water partition coefficient (Wildman–Crippen LogP) is 3.67. The highest BCUT2D eigenvalue weighted by atomic mass is 16.5. The summed E-state index contributed by atoms with van der Waals surface area (Å²) in [7, 11) is 1.34. The molecule has 3 N–H and O–H groups in total. The zero-order valence-corrected chi connectivity index (χ0v) is 19.2. The molecule has 1 amide bonds. The molecule has 2 aliphatic carbocycles. The van der Waals surface area contributed by atoms with Crippen LogP contribution in [0.5, 0.6) is 0 Å². The van der Waals surface area contributed by atoms with Gasteiger partial charge < -0.3 is 20.3 Å². The van der Waals surface area contributed by atoms with Crippen LogP contribution in [0.25, 0.3) is 0 Å². The van der Waals surface area contributed by atoms with Crippen molar-refractivity contribution in [1.82, 2.24) is 5.32 Å². The van der Waals surface area contributed by atoms with Crippen LogP contribution < -0.4 is 5.32 Å². The molecule has 0 aromatic rings. The number of ether oxygens (including phenoxy) is 1. The molecule has 31 heavy (non-hydrogen) atoms. The van der Waals surface area contributed by atoms with Crippen LogP contribution in [0.15, 0.2) is 23.8 Å². The van der Waals surface area contributed by atoms with Gasteiger partial charge in [-0.15, -0.1) is 0 Å². The van der Waals surface area contributed by atoms with E-state index >= 15 is 0 Å². The van der Waals surface area contributed by atoms with E-state index in [1.807, 2.05) is 6.08 Å². The Bertz CT molecular complexity index is 629. The molecule has 2 aliphatic rings. The number of aliphatic hydroxyl groups is 2. The van der Waals surface area contributed by atoms with Gasteiger partial charge in [0.25, 0.3) is 0 Å². The highest BCUT2D eigenvalue weighted by Crippen LogP contribution is 2.48. The van der Waals surface area contributed by atoms with Crippen molar-refractivity contribution in [3.63, 3.8) is 0 Å². The smallest absolute Gasteiger partial charge is 0.307 e. The van der Waals surface area contributed by atoms with E-state index in [0.717, 1.165) is 57.8 Å². The largest absolute Gasteiger partial charge is 0.469 e. The van der Waals surface area contributed by atoms with Gasteiger partial charge in [-0.05, 0) is 50.4 Å². The molecule has 2 rings (SSSR count). The molecule has 0 saturated heterocycles. The third kappa shape index (κ3) is 8.77. The van der Waals surface area contributed by atoms with Crippen LogP contribution in [-0.2, 0) is 14.3 Å². The number of carbonyl (C=O) groups is 2. The number of fused-ring (bicyclic) bond motifs is 1. The Hall–Kier alpha value is -1.66. The second-order valence-corrected chi connectivity index (χ2v) is 9.07. The van der Waals surface area contributed by atoms with Crippen molar-refractivity contribution in [2.75, 3.05) is 13.7 Å². The molecule has 0 unspecified atom stereocenters. The maximum Gasteiger partial charge on any atom is 0.307 e. The van der Waals surface area contributed by atoms with Gasteiger partial charge in [0.15, 0.2) is 0 Å². The Morgan fingerprint density at radius 1 is 1.26 bits per heavy atom. The highest BCUT2D eigenvalue weighted by Gasteiger charge is 2.43. The Morgan fingerprint density at radius 2 is 2.06 bits per heavy atom. The van der Waals surface area contributed by atoms with Gasteiger partial charge in [0.2, 0.25) is 5.91 Å². The van der Waals surface area contributed by atoms with Crippen molar-refractivity contribution < 1.29 is 24.5 Å². The van der Waals surface area contributed by atoms with E-state index in [0.29, 0.717) is 24.8 Å². The molecule has 0 heterocycles. The van der Waals surface area contributed by atoms with Crippen molar-refractivity contribution in [2.45, 2.75) is 89.8 Å². The lowest BCUT2D eigenvalue weighted by Gasteiger charge is -2.19. The monoisotopic (exact) mass is 435 g/mol. The second-order valence-electron chi connectivity index (χ2n) is 9.07. The fourth-order valence-electron chi connectivity index (χ4n) is 4.88. The lowest BCUT2D eigenvalue weighted by molar-refractivity contribution is -0.140. The standard InChI is InChI=1S/C25H41NO5/c1-3-4-5-9-20(27)11-12-21-22-16-18(15-19(22)17-23(21)28)8-6-7-10-24(29)26-14-13-25(30)31-2/h11-12,15,19-23,27-28H,3-10,13-14,16-17H2,1-2H3,(H,26,29)/b12-11+/t19-,20-,21+,22-,23+/m0/s1. The number of unbranched alkanes of at least 4 members (excludes halogenated alkanes) is 3. The third-order valence-corrected chi connectivity index (χ3v) is 6.64. The number of aliphatic hydroxyl groups excluding tert-OH is 2. The molecule has 0 aliphatic heterocycles. The van der Waals surface area contributed by atoms with Crippen LogP contribution in [0.4, 0.5) is 0 Å². The lowest BCUT2D eigenvalue weighted by atomic mass is 9.88. The summed E-state index contributed by atoms with van der Waals surface area (Å²) in [5, 5.41) is 23.4. The van der Waals surface area contributed by atoms with Crippen molar-refractivity contribution in [3.05, 3.63) is 23.8 Å². The van der Waals surface area contributed by atoms with Crippen LogP contribution in [0.3, 0.4) is 0 Å². The maximum atomic E-state index is 11.8. The third-order valence-electron chi connectivity index (χ3n) is 6.64. The van der Waals surface area contributed by atoms with Crippen molar-refractivity contribution in [2.24, 2.45) is 17.8 Å². The van der Waals surface area contributed by atoms with Gasteiger partial charge >= 0.3 is 5.97 Å². The number of esters is 1. The van der Waals surface area contributed by atoms with Crippen molar-refractivity contribution >= 4 is 11.9 Å². The van der Waals surface area contributed by atoms with E-state index < -0.39 is 6.10 Å². The van der Waals surface area contributed by atoms with E-state index in [4.69, 9.17) is 0 Å². The molecule has 0 aromatic carbocycles. The second kappa shape index (κ2) is 13.7. The first-order chi connectivity index (χ1) is 14.9. The number of rotatable bonds is 14. The van der Waals surface area contributed by atoms with Gasteiger partial charge in [0.1, 0.15) is 0 Å². The summed E-state index contributed by atoms with van der Waals surface area (Å²) in [5.74, 6) is 0.652.